The topological polar surface area (TPSA) is 38.3 Å². The van der Waals surface area contributed by atoms with Crippen LogP contribution >= 0.6 is 0 Å². The van der Waals surface area contributed by atoms with Crippen LogP contribution < -0.4 is 5.32 Å². The minimum Gasteiger partial charge on any atom is -0.457 e. The smallest absolute Gasteiger partial charge is 0.333 e. The number of ether oxygens (including phenoxy) is 1. The van der Waals surface area contributed by atoms with Gasteiger partial charge in [0.15, 0.2) is 0 Å². The number of carbonyl (C=O) groups excluding carboxylic acids is 1. The van der Waals surface area contributed by atoms with Gasteiger partial charge in [0, 0.05) is 18.3 Å². The van der Waals surface area contributed by atoms with E-state index in [-0.39, 0.29) is 5.97 Å². The molecule has 0 amide bonds. The van der Waals surface area contributed by atoms with Crippen LogP contribution in [-0.2, 0) is 9.53 Å². The predicted molar refractivity (Wildman–Crippen MR) is 83.2 cm³/mol. The third kappa shape index (κ3) is 6.41. The molecule has 0 unspecified atom stereocenters. The molecule has 1 rings (SSSR count). The molecule has 0 fully saturated rings. The second-order valence-electron chi connectivity index (χ2n) is 5.74. The normalized spacial score (nSPS) is 12.1. The average Bonchev–Trinajstić information content (AvgIpc) is 2.37. The van der Waals surface area contributed by atoms with Gasteiger partial charge in [0.1, 0.15) is 5.60 Å². The van der Waals surface area contributed by atoms with Crippen molar-refractivity contribution in [2.45, 2.75) is 46.1 Å². The van der Waals surface area contributed by atoms with Crippen LogP contribution in [0.2, 0.25) is 0 Å². The van der Waals surface area contributed by atoms with Gasteiger partial charge < -0.3 is 10.1 Å². The molecule has 0 atom stereocenters. The Morgan fingerprint density at radius 2 is 1.90 bits per heavy atom. The van der Waals surface area contributed by atoms with Crippen LogP contribution in [-0.4, -0.2) is 18.1 Å². The van der Waals surface area contributed by atoms with Crippen LogP contribution in [0.1, 0.15) is 46.1 Å². The van der Waals surface area contributed by atoms with Gasteiger partial charge in [0.05, 0.1) is 0 Å². The van der Waals surface area contributed by atoms with Crippen LogP contribution in [0.15, 0.2) is 36.4 Å². The van der Waals surface area contributed by atoms with Gasteiger partial charge in [-0.05, 0) is 32.8 Å². The zero-order valence-corrected chi connectivity index (χ0v) is 12.9. The molecule has 0 bridgehead atoms. The lowest BCUT2D eigenvalue weighted by atomic mass is 10.1. The highest BCUT2D eigenvalue weighted by atomic mass is 16.6. The third-order valence-electron chi connectivity index (χ3n) is 2.60. The maximum Gasteiger partial charge on any atom is 0.333 e. The van der Waals surface area contributed by atoms with E-state index in [2.05, 4.69) is 12.2 Å². The molecule has 0 aliphatic rings. The van der Waals surface area contributed by atoms with Crippen molar-refractivity contribution in [1.82, 2.24) is 5.32 Å². The Morgan fingerprint density at radius 1 is 1.25 bits per heavy atom. The Kier molecular flexibility index (Phi) is 6.29. The number of hydrogen-bond donors (Lipinski definition) is 1. The summed E-state index contributed by atoms with van der Waals surface area (Å²) in [4.78, 5) is 11.9. The van der Waals surface area contributed by atoms with Crippen molar-refractivity contribution < 1.29 is 9.53 Å². The van der Waals surface area contributed by atoms with Crippen LogP contribution in [0, 0.1) is 0 Å². The van der Waals surface area contributed by atoms with Crippen LogP contribution in [0.3, 0.4) is 0 Å². The summed E-state index contributed by atoms with van der Waals surface area (Å²) in [7, 11) is 0. The Balaban J connectivity index is 2.84. The molecular weight excluding hydrogens is 250 g/mol. The molecule has 1 aromatic rings. The molecule has 0 saturated heterocycles. The lowest BCUT2D eigenvalue weighted by Crippen LogP contribution is -2.24. The fourth-order valence-electron chi connectivity index (χ4n) is 1.70. The van der Waals surface area contributed by atoms with E-state index in [1.165, 1.54) is 6.08 Å². The summed E-state index contributed by atoms with van der Waals surface area (Å²) in [5, 5.41) is 3.31. The highest BCUT2D eigenvalue weighted by Gasteiger charge is 2.15. The molecule has 3 nitrogen and oxygen atoms in total. The lowest BCUT2D eigenvalue weighted by Gasteiger charge is -2.19. The Bertz CT molecular complexity index is 444. The Labute approximate surface area is 122 Å². The van der Waals surface area contributed by atoms with Crippen LogP contribution in [0.4, 0.5) is 0 Å². The average molecular weight is 275 g/mol. The van der Waals surface area contributed by atoms with Crippen molar-refractivity contribution in [3.63, 3.8) is 0 Å². The lowest BCUT2D eigenvalue weighted by molar-refractivity contribution is -0.148. The van der Waals surface area contributed by atoms with E-state index in [4.69, 9.17) is 4.74 Å². The fraction of sp³-hybridized carbons (Fsp3) is 0.471. The van der Waals surface area contributed by atoms with Crippen molar-refractivity contribution in [3.05, 3.63) is 42.0 Å². The first-order valence-corrected chi connectivity index (χ1v) is 7.16. The van der Waals surface area contributed by atoms with E-state index in [0.29, 0.717) is 0 Å². The monoisotopic (exact) mass is 275 g/mol. The summed E-state index contributed by atoms with van der Waals surface area (Å²) < 4.78 is 5.34. The van der Waals surface area contributed by atoms with E-state index < -0.39 is 5.60 Å². The molecule has 0 heterocycles. The molecule has 0 saturated carbocycles. The number of rotatable bonds is 6. The minimum atomic E-state index is -0.473. The highest BCUT2D eigenvalue weighted by molar-refractivity contribution is 5.91. The zero-order chi connectivity index (χ0) is 15.0. The molecule has 0 spiro atoms. The standard InChI is InChI=1S/C17H25NO2/c1-5-6-12-18-15(14-10-8-7-9-11-14)13-16(19)20-17(2,3)4/h7-11,13,18H,5-6,12H2,1-4H3/b15-13-. The van der Waals surface area contributed by atoms with Gasteiger partial charge in [0.2, 0.25) is 0 Å². The number of carbonyl (C=O) groups is 1. The third-order valence-corrected chi connectivity index (χ3v) is 2.60. The van der Waals surface area contributed by atoms with Gasteiger partial charge in [-0.3, -0.25) is 0 Å². The molecule has 20 heavy (non-hydrogen) atoms. The van der Waals surface area contributed by atoms with E-state index in [1.54, 1.807) is 0 Å². The van der Waals surface area contributed by atoms with E-state index in [1.807, 2.05) is 51.1 Å². The number of esters is 1. The van der Waals surface area contributed by atoms with Gasteiger partial charge in [-0.2, -0.15) is 0 Å². The summed E-state index contributed by atoms with van der Waals surface area (Å²) >= 11 is 0. The maximum absolute atomic E-state index is 11.9. The first kappa shape index (κ1) is 16.3. The second kappa shape index (κ2) is 7.73. The van der Waals surface area contributed by atoms with Crippen molar-refractivity contribution in [3.8, 4) is 0 Å². The summed E-state index contributed by atoms with van der Waals surface area (Å²) in [5.41, 5.74) is 1.33. The van der Waals surface area contributed by atoms with Crippen molar-refractivity contribution in [2.24, 2.45) is 0 Å². The summed E-state index contributed by atoms with van der Waals surface area (Å²) in [6.45, 7) is 8.59. The molecule has 3 heteroatoms. The Hall–Kier alpha value is -1.77. The van der Waals surface area contributed by atoms with Crippen molar-refractivity contribution >= 4 is 11.7 Å². The van der Waals surface area contributed by atoms with Gasteiger partial charge in [-0.1, -0.05) is 43.7 Å². The van der Waals surface area contributed by atoms with Crippen molar-refractivity contribution in [1.29, 1.82) is 0 Å². The SMILES string of the molecule is CCCCN/C(=C\C(=O)OC(C)(C)C)c1ccccc1. The molecule has 0 aliphatic heterocycles. The van der Waals surface area contributed by atoms with Gasteiger partial charge >= 0.3 is 5.97 Å². The number of unbranched alkanes of at least 4 members (excludes halogenated alkanes) is 1. The summed E-state index contributed by atoms with van der Waals surface area (Å²) in [6, 6.07) is 9.84. The van der Waals surface area contributed by atoms with Gasteiger partial charge in [0.25, 0.3) is 0 Å². The second-order valence-corrected chi connectivity index (χ2v) is 5.74. The maximum atomic E-state index is 11.9. The molecule has 0 aliphatic carbocycles. The predicted octanol–water partition coefficient (Wildman–Crippen LogP) is 3.76. The van der Waals surface area contributed by atoms with E-state index in [0.717, 1.165) is 30.6 Å². The van der Waals surface area contributed by atoms with E-state index in [9.17, 15) is 4.79 Å². The Morgan fingerprint density at radius 3 is 2.45 bits per heavy atom. The van der Waals surface area contributed by atoms with Crippen molar-refractivity contribution in [2.75, 3.05) is 6.54 Å². The number of nitrogens with one attached hydrogen (secondary N) is 1. The zero-order valence-electron chi connectivity index (χ0n) is 12.9. The summed E-state index contributed by atoms with van der Waals surface area (Å²) in [6.07, 6.45) is 3.72. The molecule has 110 valence electrons. The number of benzene rings is 1. The summed E-state index contributed by atoms with van der Waals surface area (Å²) in [5.74, 6) is -0.319. The molecule has 0 aromatic heterocycles. The van der Waals surface area contributed by atoms with Crippen LogP contribution in [0.25, 0.3) is 5.70 Å². The van der Waals surface area contributed by atoms with Crippen LogP contribution in [0.5, 0.6) is 0 Å². The molecular formula is C17H25NO2. The van der Waals surface area contributed by atoms with Gasteiger partial charge in [-0.25, -0.2) is 4.79 Å². The number of hydrogen-bond acceptors (Lipinski definition) is 3. The van der Waals surface area contributed by atoms with E-state index >= 15 is 0 Å². The minimum absolute atomic E-state index is 0.319. The first-order valence-electron chi connectivity index (χ1n) is 7.16. The largest absolute Gasteiger partial charge is 0.457 e. The van der Waals surface area contributed by atoms with Gasteiger partial charge in [-0.15, -0.1) is 0 Å². The molecule has 0 radical (unpaired) electrons. The first-order chi connectivity index (χ1) is 9.42. The molecule has 1 aromatic carbocycles. The molecule has 1 N–H and O–H groups in total. The highest BCUT2D eigenvalue weighted by Crippen LogP contribution is 2.13. The quantitative estimate of drug-likeness (QED) is 0.488. The fourth-order valence-corrected chi connectivity index (χ4v) is 1.70.